The van der Waals surface area contributed by atoms with Crippen LogP contribution >= 0.6 is 0 Å². The Hall–Kier alpha value is -1.01. The van der Waals surface area contributed by atoms with Gasteiger partial charge < -0.3 is 15.1 Å². The number of rotatable bonds is 2. The number of nitrogens with zero attached hydrogens (tertiary/aromatic N) is 3. The van der Waals surface area contributed by atoms with Crippen molar-refractivity contribution in [3.05, 3.63) is 0 Å². The maximum absolute atomic E-state index is 11.7. The van der Waals surface area contributed by atoms with Crippen LogP contribution in [-0.2, 0) is 4.79 Å². The van der Waals surface area contributed by atoms with E-state index in [0.717, 1.165) is 0 Å². The number of aliphatic hydroxyl groups is 2. The Kier molecular flexibility index (Phi) is 3.41. The Balaban J connectivity index is 2.82. The summed E-state index contributed by atoms with van der Waals surface area (Å²) < 4.78 is 0. The zero-order chi connectivity index (χ0) is 11.6. The van der Waals surface area contributed by atoms with E-state index in [1.54, 1.807) is 13.8 Å². The minimum atomic E-state index is -1.37. The maximum Gasteiger partial charge on any atom is 0.249 e. The van der Waals surface area contributed by atoms with Crippen LogP contribution in [0.25, 0.3) is 0 Å². The van der Waals surface area contributed by atoms with Crippen molar-refractivity contribution in [3.8, 4) is 0 Å². The van der Waals surface area contributed by atoms with Crippen molar-refractivity contribution in [2.75, 3.05) is 13.1 Å². The van der Waals surface area contributed by atoms with Crippen molar-refractivity contribution < 1.29 is 15.0 Å². The van der Waals surface area contributed by atoms with Gasteiger partial charge in [0.1, 0.15) is 6.04 Å². The van der Waals surface area contributed by atoms with Gasteiger partial charge in [0.25, 0.3) is 0 Å². The number of azo groups is 1. The van der Waals surface area contributed by atoms with E-state index in [4.69, 9.17) is 0 Å². The molecule has 86 valence electrons. The summed E-state index contributed by atoms with van der Waals surface area (Å²) in [6, 6.07) is -0.599. The zero-order valence-electron chi connectivity index (χ0n) is 9.21. The van der Waals surface area contributed by atoms with Crippen LogP contribution in [0.5, 0.6) is 0 Å². The largest absolute Gasteiger partial charge is 0.392 e. The van der Waals surface area contributed by atoms with Gasteiger partial charge in [0.05, 0.1) is 12.6 Å². The van der Waals surface area contributed by atoms with Crippen molar-refractivity contribution in [1.29, 1.82) is 0 Å². The van der Waals surface area contributed by atoms with Crippen LogP contribution in [0.4, 0.5) is 0 Å². The summed E-state index contributed by atoms with van der Waals surface area (Å²) in [6.45, 7) is 4.93. The molecule has 0 radical (unpaired) electrons. The summed E-state index contributed by atoms with van der Waals surface area (Å²) in [6.07, 6.45) is -0.630. The summed E-state index contributed by atoms with van der Waals surface area (Å²) in [5.41, 5.74) is -1.37. The fourth-order valence-electron chi connectivity index (χ4n) is 1.47. The first-order chi connectivity index (χ1) is 6.82. The van der Waals surface area contributed by atoms with Crippen LogP contribution in [0.1, 0.15) is 20.8 Å². The van der Waals surface area contributed by atoms with Crippen LogP contribution < -0.4 is 0 Å². The molecule has 1 aliphatic heterocycles. The molecule has 6 heteroatoms. The third-order valence-corrected chi connectivity index (χ3v) is 2.09. The maximum atomic E-state index is 11.7. The lowest BCUT2D eigenvalue weighted by Crippen LogP contribution is -2.46. The third kappa shape index (κ3) is 3.24. The van der Waals surface area contributed by atoms with Crippen molar-refractivity contribution >= 4 is 5.91 Å². The summed E-state index contributed by atoms with van der Waals surface area (Å²) in [5.74, 6) is -0.225. The van der Waals surface area contributed by atoms with Gasteiger partial charge in [0.15, 0.2) is 5.72 Å². The van der Waals surface area contributed by atoms with E-state index in [1.807, 2.05) is 0 Å². The van der Waals surface area contributed by atoms with Gasteiger partial charge in [-0.25, -0.2) is 0 Å². The van der Waals surface area contributed by atoms with Gasteiger partial charge in [-0.3, -0.25) is 4.79 Å². The normalized spacial score (nSPS) is 34.1. The molecule has 6 nitrogen and oxygen atoms in total. The molecular formula is C9H17N3O3. The van der Waals surface area contributed by atoms with Crippen molar-refractivity contribution in [2.24, 2.45) is 10.2 Å². The first-order valence-electron chi connectivity index (χ1n) is 4.93. The Morgan fingerprint density at radius 3 is 2.87 bits per heavy atom. The molecule has 1 amide bonds. The minimum absolute atomic E-state index is 0.0601. The van der Waals surface area contributed by atoms with Crippen molar-refractivity contribution in [1.82, 2.24) is 4.90 Å². The zero-order valence-corrected chi connectivity index (χ0v) is 9.21. The Bertz CT molecular complexity index is 276. The number of amides is 1. The van der Waals surface area contributed by atoms with E-state index in [2.05, 4.69) is 10.2 Å². The standard InChI is InChI=1S/C9H17N3O3/c1-6(13)4-12-5-9(3,15)11-10-7(2)8(12)14/h6-7,13,15H,4-5H2,1-3H3. The number of aliphatic hydroxyl groups excluding tert-OH is 1. The molecule has 3 unspecified atom stereocenters. The van der Waals surface area contributed by atoms with Crippen LogP contribution in [-0.4, -0.2) is 52.0 Å². The SMILES string of the molecule is CC(O)CN1CC(C)(O)N=NC(C)C1=O. The average Bonchev–Trinajstić information content (AvgIpc) is 2.17. The molecule has 3 atom stereocenters. The number of carbonyl (C=O) groups is 1. The third-order valence-electron chi connectivity index (χ3n) is 2.09. The molecule has 15 heavy (non-hydrogen) atoms. The lowest BCUT2D eigenvalue weighted by Gasteiger charge is -2.27. The van der Waals surface area contributed by atoms with Gasteiger partial charge in [0.2, 0.25) is 5.91 Å². The van der Waals surface area contributed by atoms with Crippen LogP contribution in [0.15, 0.2) is 10.2 Å². The summed E-state index contributed by atoms with van der Waals surface area (Å²) in [7, 11) is 0. The highest BCUT2D eigenvalue weighted by atomic mass is 16.3. The smallest absolute Gasteiger partial charge is 0.249 e. The monoisotopic (exact) mass is 215 g/mol. The van der Waals surface area contributed by atoms with E-state index in [1.165, 1.54) is 11.8 Å². The molecule has 1 rings (SSSR count). The fourth-order valence-corrected chi connectivity index (χ4v) is 1.47. The number of carbonyl (C=O) groups excluding carboxylic acids is 1. The molecule has 0 saturated carbocycles. The summed E-state index contributed by atoms with van der Waals surface area (Å²) in [5, 5.41) is 26.4. The van der Waals surface area contributed by atoms with Crippen LogP contribution in [0.3, 0.4) is 0 Å². The molecule has 2 N–H and O–H groups in total. The molecule has 0 aromatic heterocycles. The van der Waals surface area contributed by atoms with Crippen molar-refractivity contribution in [3.63, 3.8) is 0 Å². The van der Waals surface area contributed by atoms with Gasteiger partial charge >= 0.3 is 0 Å². The molecule has 0 bridgehead atoms. The van der Waals surface area contributed by atoms with Crippen LogP contribution in [0.2, 0.25) is 0 Å². The highest BCUT2D eigenvalue weighted by Crippen LogP contribution is 2.16. The van der Waals surface area contributed by atoms with Crippen molar-refractivity contribution in [2.45, 2.75) is 38.6 Å². The first-order valence-corrected chi connectivity index (χ1v) is 4.93. The molecule has 0 fully saturated rings. The lowest BCUT2D eigenvalue weighted by molar-refractivity contribution is -0.135. The molecule has 1 aliphatic rings. The minimum Gasteiger partial charge on any atom is -0.392 e. The van der Waals surface area contributed by atoms with Gasteiger partial charge in [-0.05, 0) is 20.8 Å². The van der Waals surface area contributed by atoms with E-state index in [0.29, 0.717) is 0 Å². The Morgan fingerprint density at radius 1 is 1.73 bits per heavy atom. The highest BCUT2D eigenvalue weighted by Gasteiger charge is 2.33. The molecule has 1 heterocycles. The predicted molar refractivity (Wildman–Crippen MR) is 53.2 cm³/mol. The second-order valence-corrected chi connectivity index (χ2v) is 4.18. The Labute approximate surface area is 88.6 Å². The van der Waals surface area contributed by atoms with Gasteiger partial charge in [-0.2, -0.15) is 10.2 Å². The molecular weight excluding hydrogens is 198 g/mol. The summed E-state index contributed by atoms with van der Waals surface area (Å²) in [4.78, 5) is 13.1. The Morgan fingerprint density at radius 2 is 2.33 bits per heavy atom. The van der Waals surface area contributed by atoms with E-state index < -0.39 is 17.9 Å². The fraction of sp³-hybridized carbons (Fsp3) is 0.889. The number of β-amino-alcohol motifs (C(OH)–C–C–N with tert-alkyl or cyclic N) is 2. The van der Waals surface area contributed by atoms with E-state index >= 15 is 0 Å². The summed E-state index contributed by atoms with van der Waals surface area (Å²) >= 11 is 0. The highest BCUT2D eigenvalue weighted by molar-refractivity contribution is 5.81. The molecule has 0 spiro atoms. The van der Waals surface area contributed by atoms with Gasteiger partial charge in [0, 0.05) is 6.54 Å². The topological polar surface area (TPSA) is 85.5 Å². The molecule has 0 aliphatic carbocycles. The number of hydrogen-bond acceptors (Lipinski definition) is 5. The first kappa shape index (κ1) is 12.1. The second-order valence-electron chi connectivity index (χ2n) is 4.18. The predicted octanol–water partition coefficient (Wildman–Crippen LogP) is -0.241. The lowest BCUT2D eigenvalue weighted by atomic mass is 10.2. The second kappa shape index (κ2) is 4.24. The molecule has 0 aromatic rings. The van der Waals surface area contributed by atoms with Gasteiger partial charge in [-0.1, -0.05) is 0 Å². The quantitative estimate of drug-likeness (QED) is 0.666. The number of hydrogen-bond donors (Lipinski definition) is 2. The average molecular weight is 215 g/mol. The molecule has 0 aromatic carbocycles. The van der Waals surface area contributed by atoms with Gasteiger partial charge in [-0.15, -0.1) is 0 Å². The van der Waals surface area contributed by atoms with Crippen LogP contribution in [0, 0.1) is 0 Å². The molecule has 0 saturated heterocycles. The van der Waals surface area contributed by atoms with E-state index in [-0.39, 0.29) is 19.0 Å². The van der Waals surface area contributed by atoms with E-state index in [9.17, 15) is 15.0 Å².